The molecule has 1 atom stereocenters. The smallest absolute Gasteiger partial charge is 0.163 e. The van der Waals surface area contributed by atoms with Crippen LogP contribution in [-0.2, 0) is 6.54 Å². The zero-order valence-electron chi connectivity index (χ0n) is 31.7. The summed E-state index contributed by atoms with van der Waals surface area (Å²) in [6.07, 6.45) is 12.1. The fourth-order valence-electron chi connectivity index (χ4n) is 9.10. The number of Topliss-reactive ketones (excluding diaryl/α,β-unsaturated/α-hetero) is 1. The van der Waals surface area contributed by atoms with Gasteiger partial charge in [-0.15, -0.1) is 0 Å². The molecular weight excluding hydrogens is 666 g/mol. The van der Waals surface area contributed by atoms with E-state index < -0.39 is 0 Å². The molecule has 2 aromatic carbocycles. The molecule has 0 unspecified atom stereocenters. The van der Waals surface area contributed by atoms with Gasteiger partial charge in [0.05, 0.1) is 23.6 Å². The predicted molar refractivity (Wildman–Crippen MR) is 207 cm³/mol. The summed E-state index contributed by atoms with van der Waals surface area (Å²) in [4.78, 5) is 27.6. The maximum absolute atomic E-state index is 15.7. The van der Waals surface area contributed by atoms with Crippen LogP contribution in [0.1, 0.15) is 105 Å². The first-order valence-electron chi connectivity index (χ1n) is 19.4. The van der Waals surface area contributed by atoms with Gasteiger partial charge in [-0.25, -0.2) is 9.37 Å². The van der Waals surface area contributed by atoms with Gasteiger partial charge in [0.15, 0.2) is 5.78 Å². The van der Waals surface area contributed by atoms with Crippen LogP contribution in [0, 0.1) is 11.2 Å². The molecular formula is C43H52FN7O2. The third-order valence-corrected chi connectivity index (χ3v) is 12.1. The quantitative estimate of drug-likeness (QED) is 0.145. The lowest BCUT2D eigenvalue weighted by atomic mass is 9.59. The highest BCUT2D eigenvalue weighted by Gasteiger charge is 2.50. The number of benzene rings is 2. The number of rotatable bonds is 10. The number of fused-ring (bicyclic) bond motifs is 1. The van der Waals surface area contributed by atoms with Crippen molar-refractivity contribution in [1.82, 2.24) is 29.5 Å². The second kappa shape index (κ2) is 14.4. The standard InChI is InChI=1S/C43H52FN7O2/c1-28(2)35-8-6-7-9-36(35)40-27-48(25-31-23-47-51(26-31)29(3)4)16-17-50(40)33-21-43(22-33)11-14-49(15-12-43)39-20-41(37(30(5)52)19-38(39)44)53-34-18-32-10-13-45-42(32)46-24-34/h6-10,13,18-20,23-24,26,28-29,33,40H,11-12,14-17,21-22,25,27H2,1-5H3,(H,45,46)/t40-/m0/s1. The Kier molecular flexibility index (Phi) is 9.62. The summed E-state index contributed by atoms with van der Waals surface area (Å²) in [5.74, 6) is 0.699. The molecule has 1 aliphatic carbocycles. The van der Waals surface area contributed by atoms with Crippen molar-refractivity contribution in [2.75, 3.05) is 37.6 Å². The highest BCUT2D eigenvalue weighted by molar-refractivity contribution is 5.97. The number of piperidine rings is 1. The SMILES string of the molecule is CC(=O)c1cc(F)c(N2CCC3(CC2)CC(N2CCN(Cc4cnn(C(C)C)c4)C[C@H]2c2ccccc2C(C)C)C3)cc1Oc1cnc2[nH]ccc2c1. The Morgan fingerprint density at radius 3 is 2.55 bits per heavy atom. The average molecular weight is 718 g/mol. The number of hydrogen-bond acceptors (Lipinski definition) is 7. The van der Waals surface area contributed by atoms with Gasteiger partial charge < -0.3 is 14.6 Å². The van der Waals surface area contributed by atoms with Crippen LogP contribution < -0.4 is 9.64 Å². The molecule has 3 fully saturated rings. The van der Waals surface area contributed by atoms with E-state index in [2.05, 4.69) is 92.6 Å². The summed E-state index contributed by atoms with van der Waals surface area (Å²) >= 11 is 0. The number of ketones is 1. The van der Waals surface area contributed by atoms with E-state index in [0.29, 0.717) is 41.2 Å². The summed E-state index contributed by atoms with van der Waals surface area (Å²) in [7, 11) is 0. The summed E-state index contributed by atoms with van der Waals surface area (Å²) < 4.78 is 24.0. The molecule has 9 nitrogen and oxygen atoms in total. The zero-order valence-corrected chi connectivity index (χ0v) is 31.7. The molecule has 0 radical (unpaired) electrons. The molecule has 8 rings (SSSR count). The van der Waals surface area contributed by atoms with E-state index in [9.17, 15) is 4.79 Å². The highest BCUT2D eigenvalue weighted by Crippen LogP contribution is 2.53. The zero-order chi connectivity index (χ0) is 36.9. The molecule has 3 aromatic heterocycles. The van der Waals surface area contributed by atoms with Crippen LogP contribution in [-0.4, -0.2) is 74.1 Å². The Morgan fingerprint density at radius 1 is 1.02 bits per heavy atom. The van der Waals surface area contributed by atoms with Crippen LogP contribution in [0.3, 0.4) is 0 Å². The van der Waals surface area contributed by atoms with Crippen LogP contribution in [0.15, 0.2) is 73.3 Å². The summed E-state index contributed by atoms with van der Waals surface area (Å²) in [6, 6.07) is 17.1. The van der Waals surface area contributed by atoms with Gasteiger partial charge in [0.25, 0.3) is 0 Å². The number of hydrogen-bond donors (Lipinski definition) is 1. The molecule has 1 spiro atoms. The number of halogens is 1. The Labute approximate surface area is 312 Å². The number of ether oxygens (including phenoxy) is 1. The predicted octanol–water partition coefficient (Wildman–Crippen LogP) is 8.91. The second-order valence-corrected chi connectivity index (χ2v) is 16.3. The normalized spacial score (nSPS) is 19.8. The monoisotopic (exact) mass is 717 g/mol. The number of aromatic amines is 1. The maximum atomic E-state index is 15.7. The number of nitrogens with zero attached hydrogens (tertiary/aromatic N) is 6. The maximum Gasteiger partial charge on any atom is 0.163 e. The van der Waals surface area contributed by atoms with Crippen molar-refractivity contribution in [3.05, 3.63) is 101 Å². The third kappa shape index (κ3) is 7.11. The third-order valence-electron chi connectivity index (χ3n) is 12.1. The lowest BCUT2D eigenvalue weighted by Crippen LogP contribution is -2.60. The van der Waals surface area contributed by atoms with Gasteiger partial charge in [-0.3, -0.25) is 19.3 Å². The topological polar surface area (TPSA) is 82.5 Å². The van der Waals surface area contributed by atoms with Crippen molar-refractivity contribution in [1.29, 1.82) is 0 Å². The lowest BCUT2D eigenvalue weighted by Gasteiger charge is -2.58. The summed E-state index contributed by atoms with van der Waals surface area (Å²) in [5.41, 5.74) is 5.95. The van der Waals surface area contributed by atoms with Crippen molar-refractivity contribution in [3.8, 4) is 11.5 Å². The van der Waals surface area contributed by atoms with E-state index >= 15 is 4.39 Å². The minimum atomic E-state index is -0.384. The van der Waals surface area contributed by atoms with Gasteiger partial charge in [0.2, 0.25) is 0 Å². The summed E-state index contributed by atoms with van der Waals surface area (Å²) in [6.45, 7) is 16.0. The molecule has 278 valence electrons. The van der Waals surface area contributed by atoms with E-state index in [0.717, 1.165) is 63.1 Å². The molecule has 0 amide bonds. The molecule has 0 bridgehead atoms. The van der Waals surface area contributed by atoms with E-state index in [1.807, 2.05) is 24.5 Å². The Morgan fingerprint density at radius 2 is 1.81 bits per heavy atom. The van der Waals surface area contributed by atoms with Crippen molar-refractivity contribution in [2.45, 2.75) is 90.9 Å². The lowest BCUT2D eigenvalue weighted by molar-refractivity contribution is -0.0628. The number of H-pyrrole nitrogens is 1. The number of aromatic nitrogens is 4. The van der Waals surface area contributed by atoms with Gasteiger partial charge >= 0.3 is 0 Å². The largest absolute Gasteiger partial charge is 0.455 e. The van der Waals surface area contributed by atoms with Crippen molar-refractivity contribution in [3.63, 3.8) is 0 Å². The van der Waals surface area contributed by atoms with Crippen molar-refractivity contribution >= 4 is 22.5 Å². The number of nitrogens with one attached hydrogen (secondary N) is 1. The van der Waals surface area contributed by atoms with Gasteiger partial charge in [0.1, 0.15) is 23.0 Å². The first kappa shape index (κ1) is 35.5. The van der Waals surface area contributed by atoms with Gasteiger partial charge in [-0.1, -0.05) is 38.1 Å². The van der Waals surface area contributed by atoms with Crippen LogP contribution >= 0.6 is 0 Å². The number of carbonyl (C=O) groups excluding carboxylic acids is 1. The molecule has 5 heterocycles. The molecule has 1 N–H and O–H groups in total. The second-order valence-electron chi connectivity index (χ2n) is 16.3. The van der Waals surface area contributed by atoms with Crippen molar-refractivity contribution in [2.24, 2.45) is 5.41 Å². The number of carbonyl (C=O) groups is 1. The van der Waals surface area contributed by atoms with Crippen molar-refractivity contribution < 1.29 is 13.9 Å². The Balaban J connectivity index is 0.959. The molecule has 2 aliphatic heterocycles. The highest BCUT2D eigenvalue weighted by atomic mass is 19.1. The minimum Gasteiger partial charge on any atom is -0.455 e. The van der Waals surface area contributed by atoms with E-state index in [1.165, 1.54) is 42.5 Å². The number of anilines is 1. The first-order chi connectivity index (χ1) is 25.6. The van der Waals surface area contributed by atoms with Crippen LogP contribution in [0.25, 0.3) is 11.0 Å². The molecule has 10 heteroatoms. The minimum absolute atomic E-state index is 0.232. The first-order valence-corrected chi connectivity index (χ1v) is 19.4. The van der Waals surface area contributed by atoms with Gasteiger partial charge in [-0.2, -0.15) is 5.10 Å². The molecule has 2 saturated heterocycles. The fourth-order valence-corrected chi connectivity index (χ4v) is 9.10. The van der Waals surface area contributed by atoms with Crippen LogP contribution in [0.2, 0.25) is 0 Å². The van der Waals surface area contributed by atoms with E-state index in [-0.39, 0.29) is 22.6 Å². The van der Waals surface area contributed by atoms with Crippen LogP contribution in [0.4, 0.5) is 10.1 Å². The number of piperazine rings is 1. The van der Waals surface area contributed by atoms with E-state index in [1.54, 1.807) is 12.3 Å². The Hall–Kier alpha value is -4.54. The molecule has 53 heavy (non-hydrogen) atoms. The molecule has 1 saturated carbocycles. The van der Waals surface area contributed by atoms with Crippen LogP contribution in [0.5, 0.6) is 11.5 Å². The van der Waals surface area contributed by atoms with Gasteiger partial charge in [-0.05, 0) is 87.1 Å². The molecule has 3 aliphatic rings. The molecule has 5 aromatic rings. The summed E-state index contributed by atoms with van der Waals surface area (Å²) in [5, 5.41) is 5.51. The average Bonchev–Trinajstić information content (AvgIpc) is 3.81. The fraction of sp³-hybridized carbons (Fsp3) is 0.465. The Bertz CT molecular complexity index is 2090. The van der Waals surface area contributed by atoms with Gasteiger partial charge in [0, 0.05) is 86.8 Å². The number of pyridine rings is 1. The van der Waals surface area contributed by atoms with E-state index in [4.69, 9.17) is 4.74 Å².